The first-order chi connectivity index (χ1) is 7.18. The van der Waals surface area contributed by atoms with Crippen LogP contribution in [0.5, 0.6) is 0 Å². The summed E-state index contributed by atoms with van der Waals surface area (Å²) >= 11 is 3.50. The predicted molar refractivity (Wildman–Crippen MR) is 63.8 cm³/mol. The van der Waals surface area contributed by atoms with Gasteiger partial charge in [-0.15, -0.1) is 0 Å². The van der Waals surface area contributed by atoms with Gasteiger partial charge in [-0.25, -0.2) is 0 Å². The topological polar surface area (TPSA) is 20.2 Å². The van der Waals surface area contributed by atoms with Gasteiger partial charge in [0.1, 0.15) is 0 Å². The van der Waals surface area contributed by atoms with Crippen molar-refractivity contribution < 1.29 is 5.11 Å². The second-order valence-corrected chi connectivity index (χ2v) is 6.22. The Morgan fingerprint density at radius 3 is 2.53 bits per heavy atom. The zero-order valence-corrected chi connectivity index (χ0v) is 10.3. The molecular formula is C13H15BrO. The van der Waals surface area contributed by atoms with E-state index in [2.05, 4.69) is 34.1 Å². The zero-order chi connectivity index (χ0) is 10.5. The summed E-state index contributed by atoms with van der Waals surface area (Å²) < 4.78 is 1.12. The quantitative estimate of drug-likeness (QED) is 0.872. The molecule has 1 aromatic carbocycles. The second kappa shape index (κ2) is 3.08. The van der Waals surface area contributed by atoms with Gasteiger partial charge in [0.2, 0.25) is 0 Å². The molecule has 1 N–H and O–H groups in total. The lowest BCUT2D eigenvalue weighted by Crippen LogP contribution is -2.45. The molecule has 2 heteroatoms. The van der Waals surface area contributed by atoms with E-state index in [4.69, 9.17) is 0 Å². The van der Waals surface area contributed by atoms with Crippen LogP contribution in [0, 0.1) is 5.41 Å². The lowest BCUT2D eigenvalue weighted by Gasteiger charge is -2.48. The Kier molecular flexibility index (Phi) is 2.02. The van der Waals surface area contributed by atoms with Gasteiger partial charge in [-0.05, 0) is 48.8 Å². The van der Waals surface area contributed by atoms with E-state index in [-0.39, 0.29) is 5.41 Å². The van der Waals surface area contributed by atoms with Crippen molar-refractivity contribution in [2.24, 2.45) is 5.41 Å². The third-order valence-corrected chi connectivity index (χ3v) is 4.62. The molecule has 0 aliphatic heterocycles. The number of aliphatic hydroxyl groups excluding tert-OH is 1. The van der Waals surface area contributed by atoms with Crippen molar-refractivity contribution in [1.29, 1.82) is 0 Å². The van der Waals surface area contributed by atoms with Crippen LogP contribution < -0.4 is 0 Å². The summed E-state index contributed by atoms with van der Waals surface area (Å²) in [6.07, 6.45) is 5.13. The lowest BCUT2D eigenvalue weighted by molar-refractivity contribution is 0.0509. The first-order valence-electron chi connectivity index (χ1n) is 5.55. The van der Waals surface area contributed by atoms with Gasteiger partial charge >= 0.3 is 0 Å². The first-order valence-corrected chi connectivity index (χ1v) is 6.34. The summed E-state index contributed by atoms with van der Waals surface area (Å²) in [6, 6.07) is 8.41. The van der Waals surface area contributed by atoms with Crippen molar-refractivity contribution in [3.8, 4) is 0 Å². The molecule has 2 aliphatic carbocycles. The zero-order valence-electron chi connectivity index (χ0n) is 8.67. The number of hydrogen-bond donors (Lipinski definition) is 1. The Morgan fingerprint density at radius 2 is 2.00 bits per heavy atom. The first kappa shape index (κ1) is 9.86. The standard InChI is InChI=1S/C13H15BrO/c14-11-3-1-2-10(6-11)13(9-15)7-12(8-13)4-5-12/h1-3,6,15H,4-5,7-9H2. The highest BCUT2D eigenvalue weighted by molar-refractivity contribution is 9.10. The maximum Gasteiger partial charge on any atom is 0.0528 e. The van der Waals surface area contributed by atoms with E-state index < -0.39 is 0 Å². The molecule has 80 valence electrons. The van der Waals surface area contributed by atoms with Crippen LogP contribution in [0.25, 0.3) is 0 Å². The minimum Gasteiger partial charge on any atom is -0.395 e. The van der Waals surface area contributed by atoms with E-state index in [9.17, 15) is 5.11 Å². The molecule has 1 spiro atoms. The average molecular weight is 267 g/mol. The number of benzene rings is 1. The molecule has 0 amide bonds. The van der Waals surface area contributed by atoms with Crippen molar-refractivity contribution in [3.63, 3.8) is 0 Å². The van der Waals surface area contributed by atoms with Gasteiger partial charge in [0.25, 0.3) is 0 Å². The summed E-state index contributed by atoms with van der Waals surface area (Å²) in [6.45, 7) is 0.297. The third kappa shape index (κ3) is 1.46. The van der Waals surface area contributed by atoms with Crippen molar-refractivity contribution in [2.45, 2.75) is 31.1 Å². The molecule has 2 saturated carbocycles. The van der Waals surface area contributed by atoms with Crippen LogP contribution in [0.1, 0.15) is 31.2 Å². The lowest BCUT2D eigenvalue weighted by atomic mass is 9.57. The van der Waals surface area contributed by atoms with Crippen molar-refractivity contribution in [3.05, 3.63) is 34.3 Å². The van der Waals surface area contributed by atoms with Crippen LogP contribution in [0.2, 0.25) is 0 Å². The highest BCUT2D eigenvalue weighted by Crippen LogP contribution is 2.68. The predicted octanol–water partition coefficient (Wildman–Crippen LogP) is 3.25. The minimum atomic E-state index is 0.0697. The van der Waals surface area contributed by atoms with Crippen LogP contribution in [0.3, 0.4) is 0 Å². The van der Waals surface area contributed by atoms with Gasteiger partial charge < -0.3 is 5.11 Å². The van der Waals surface area contributed by atoms with E-state index in [0.29, 0.717) is 12.0 Å². The molecule has 0 unspecified atom stereocenters. The summed E-state index contributed by atoms with van der Waals surface area (Å²) in [4.78, 5) is 0. The second-order valence-electron chi connectivity index (χ2n) is 5.30. The maximum absolute atomic E-state index is 9.63. The molecule has 0 saturated heterocycles. The van der Waals surface area contributed by atoms with E-state index >= 15 is 0 Å². The average Bonchev–Trinajstić information content (AvgIpc) is 2.94. The molecule has 2 aliphatic rings. The van der Waals surface area contributed by atoms with Gasteiger partial charge in [0.15, 0.2) is 0 Å². The molecule has 15 heavy (non-hydrogen) atoms. The number of halogens is 1. The molecular weight excluding hydrogens is 252 g/mol. The van der Waals surface area contributed by atoms with Crippen molar-refractivity contribution in [1.82, 2.24) is 0 Å². The summed E-state index contributed by atoms with van der Waals surface area (Å²) in [5.74, 6) is 0. The highest BCUT2D eigenvalue weighted by Gasteiger charge is 2.60. The Balaban J connectivity index is 1.91. The summed E-state index contributed by atoms with van der Waals surface area (Å²) in [5, 5.41) is 9.63. The van der Waals surface area contributed by atoms with Crippen LogP contribution in [0.4, 0.5) is 0 Å². The molecule has 0 heterocycles. The molecule has 0 aromatic heterocycles. The normalized spacial score (nSPS) is 24.9. The van der Waals surface area contributed by atoms with E-state index in [0.717, 1.165) is 4.47 Å². The summed E-state index contributed by atoms with van der Waals surface area (Å²) in [7, 11) is 0. The van der Waals surface area contributed by atoms with Gasteiger partial charge in [0.05, 0.1) is 6.61 Å². The van der Waals surface area contributed by atoms with Crippen LogP contribution in [0.15, 0.2) is 28.7 Å². The highest BCUT2D eigenvalue weighted by atomic mass is 79.9. The molecule has 0 atom stereocenters. The molecule has 0 radical (unpaired) electrons. The monoisotopic (exact) mass is 266 g/mol. The smallest absolute Gasteiger partial charge is 0.0528 e. The fourth-order valence-corrected chi connectivity index (χ4v) is 3.54. The number of rotatable bonds is 2. The van der Waals surface area contributed by atoms with Crippen LogP contribution in [-0.2, 0) is 5.41 Å². The van der Waals surface area contributed by atoms with Crippen LogP contribution in [-0.4, -0.2) is 11.7 Å². The fourth-order valence-electron chi connectivity index (χ4n) is 3.14. The Hall–Kier alpha value is -0.340. The molecule has 3 rings (SSSR count). The van der Waals surface area contributed by atoms with E-state index in [1.54, 1.807) is 0 Å². The van der Waals surface area contributed by atoms with Gasteiger partial charge in [-0.1, -0.05) is 28.1 Å². The Labute approximate surface area is 98.6 Å². The fraction of sp³-hybridized carbons (Fsp3) is 0.538. The van der Waals surface area contributed by atoms with Crippen molar-refractivity contribution >= 4 is 15.9 Å². The SMILES string of the molecule is OCC1(c2cccc(Br)c2)CC2(CC2)C1. The summed E-state index contributed by atoms with van der Waals surface area (Å²) in [5.41, 5.74) is 2.00. The van der Waals surface area contributed by atoms with E-state index in [1.807, 2.05) is 6.07 Å². The van der Waals surface area contributed by atoms with Crippen molar-refractivity contribution in [2.75, 3.05) is 6.61 Å². The molecule has 2 fully saturated rings. The third-order valence-electron chi connectivity index (χ3n) is 4.12. The largest absolute Gasteiger partial charge is 0.395 e. The number of hydrogen-bond acceptors (Lipinski definition) is 1. The molecule has 0 bridgehead atoms. The molecule has 1 nitrogen and oxygen atoms in total. The van der Waals surface area contributed by atoms with Crippen LogP contribution >= 0.6 is 15.9 Å². The van der Waals surface area contributed by atoms with E-state index in [1.165, 1.54) is 31.2 Å². The minimum absolute atomic E-state index is 0.0697. The van der Waals surface area contributed by atoms with Gasteiger partial charge in [-0.2, -0.15) is 0 Å². The maximum atomic E-state index is 9.63. The number of aliphatic hydroxyl groups is 1. The van der Waals surface area contributed by atoms with Gasteiger partial charge in [0, 0.05) is 9.89 Å². The molecule has 1 aromatic rings. The Bertz CT molecular complexity index is 387. The van der Waals surface area contributed by atoms with Gasteiger partial charge in [-0.3, -0.25) is 0 Å². The Morgan fingerprint density at radius 1 is 1.27 bits per heavy atom.